The number of nitrogens with one attached hydrogen (secondary N) is 1. The van der Waals surface area contributed by atoms with E-state index in [-0.39, 0.29) is 39.7 Å². The summed E-state index contributed by atoms with van der Waals surface area (Å²) in [7, 11) is 0. The highest BCUT2D eigenvalue weighted by Gasteiger charge is 2.31. The number of para-hydroxylation sites is 3. The number of benzene rings is 3. The molecule has 0 aliphatic heterocycles. The summed E-state index contributed by atoms with van der Waals surface area (Å²) in [5.74, 6) is 0.303. The van der Waals surface area contributed by atoms with E-state index in [1.54, 1.807) is 36.4 Å². The zero-order valence-electron chi connectivity index (χ0n) is 21.0. The van der Waals surface area contributed by atoms with Crippen molar-refractivity contribution in [2.75, 3.05) is 17.7 Å². The topological polar surface area (TPSA) is 91.0 Å². The van der Waals surface area contributed by atoms with Crippen LogP contribution in [0.5, 0.6) is 5.75 Å². The molecule has 13 heteroatoms. The fourth-order valence-corrected chi connectivity index (χ4v) is 5.71. The van der Waals surface area contributed by atoms with Gasteiger partial charge in [-0.05, 0) is 49.4 Å². The van der Waals surface area contributed by atoms with Crippen LogP contribution in [0.3, 0.4) is 0 Å². The Hall–Kier alpha value is -4.10. The Bertz CT molecular complexity index is 1730. The van der Waals surface area contributed by atoms with Crippen LogP contribution in [0.2, 0.25) is 0 Å². The molecule has 5 rings (SSSR count). The van der Waals surface area contributed by atoms with Gasteiger partial charge in [-0.1, -0.05) is 53.4 Å². The van der Waals surface area contributed by atoms with Crippen LogP contribution in [0.15, 0.2) is 82.7 Å². The zero-order chi connectivity index (χ0) is 28.3. The van der Waals surface area contributed by atoms with Crippen molar-refractivity contribution < 1.29 is 22.7 Å². The van der Waals surface area contributed by atoms with Crippen molar-refractivity contribution >= 4 is 44.9 Å². The smallest absolute Gasteiger partial charge is 0.416 e. The highest BCUT2D eigenvalue weighted by molar-refractivity contribution is 7.99. The number of nitrogens with zero attached hydrogens (tertiary/aromatic N) is 4. The Labute approximate surface area is 234 Å². The van der Waals surface area contributed by atoms with E-state index >= 15 is 0 Å². The first-order valence-corrected chi connectivity index (χ1v) is 13.9. The minimum absolute atomic E-state index is 0.0272. The molecule has 0 aliphatic rings. The Morgan fingerprint density at radius 2 is 1.82 bits per heavy atom. The summed E-state index contributed by atoms with van der Waals surface area (Å²) in [6.45, 7) is 2.23. The number of thioether (sulfide) groups is 1. The molecule has 5 aromatic rings. The molecule has 0 atom stereocenters. The lowest BCUT2D eigenvalue weighted by Crippen LogP contribution is -2.18. The lowest BCUT2D eigenvalue weighted by Gasteiger charge is -2.14. The van der Waals surface area contributed by atoms with Crippen molar-refractivity contribution in [3.05, 3.63) is 93.9 Å². The monoisotopic (exact) mass is 585 g/mol. The Morgan fingerprint density at radius 1 is 1.05 bits per heavy atom. The highest BCUT2D eigenvalue weighted by atomic mass is 32.2. The maximum atomic E-state index is 13.5. The van der Waals surface area contributed by atoms with Crippen molar-refractivity contribution in [2.24, 2.45) is 0 Å². The number of carbonyl (C=O) groups excluding carboxylic acids is 1. The standard InChI is InChI=1S/C27H22F3N5O3S2/c1-2-38-21-12-5-3-10-19(21)31-24(36)16-39-25-33-32-23(15-34-20-11-4-6-13-22(20)40-26(34)37)35(25)18-9-7-8-17(14-18)27(28,29)30/h3-14H,2,15-16H2,1H3,(H,31,36). The molecule has 0 radical (unpaired) electrons. The fourth-order valence-electron chi connectivity index (χ4n) is 4.05. The number of rotatable bonds is 9. The molecule has 0 bridgehead atoms. The van der Waals surface area contributed by atoms with Crippen LogP contribution >= 0.6 is 23.1 Å². The summed E-state index contributed by atoms with van der Waals surface area (Å²) >= 11 is 2.08. The maximum Gasteiger partial charge on any atom is 0.416 e. The second kappa shape index (κ2) is 11.6. The number of amides is 1. The minimum atomic E-state index is -4.56. The third-order valence-electron chi connectivity index (χ3n) is 5.80. The molecule has 8 nitrogen and oxygen atoms in total. The summed E-state index contributed by atoms with van der Waals surface area (Å²) in [5, 5.41) is 11.4. The normalized spacial score (nSPS) is 11.6. The van der Waals surface area contributed by atoms with Gasteiger partial charge in [-0.3, -0.25) is 18.7 Å². The van der Waals surface area contributed by atoms with Crippen molar-refractivity contribution in [3.63, 3.8) is 0 Å². The van der Waals surface area contributed by atoms with Crippen LogP contribution in [-0.4, -0.2) is 37.6 Å². The van der Waals surface area contributed by atoms with Crippen LogP contribution in [0.1, 0.15) is 18.3 Å². The van der Waals surface area contributed by atoms with E-state index in [4.69, 9.17) is 4.74 Å². The van der Waals surface area contributed by atoms with Crippen molar-refractivity contribution in [1.82, 2.24) is 19.3 Å². The fraction of sp³-hybridized carbons (Fsp3) is 0.185. The second-order valence-corrected chi connectivity index (χ2v) is 10.4. The summed E-state index contributed by atoms with van der Waals surface area (Å²) < 4.78 is 49.9. The third kappa shape index (κ3) is 5.89. The zero-order valence-corrected chi connectivity index (χ0v) is 22.6. The molecule has 2 heterocycles. The molecule has 2 aromatic heterocycles. The van der Waals surface area contributed by atoms with E-state index in [9.17, 15) is 22.8 Å². The molecular formula is C27H22F3N5O3S2. The highest BCUT2D eigenvalue weighted by Crippen LogP contribution is 2.32. The number of aromatic nitrogens is 4. The third-order valence-corrected chi connectivity index (χ3v) is 7.69. The number of carbonyl (C=O) groups is 1. The van der Waals surface area contributed by atoms with Gasteiger partial charge in [-0.2, -0.15) is 13.2 Å². The number of alkyl halides is 3. The van der Waals surface area contributed by atoms with E-state index in [1.165, 1.54) is 21.3 Å². The number of halogens is 3. The molecule has 1 amide bonds. The molecule has 0 aliphatic carbocycles. The van der Waals surface area contributed by atoms with Crippen molar-refractivity contribution in [1.29, 1.82) is 0 Å². The van der Waals surface area contributed by atoms with E-state index in [0.29, 0.717) is 23.6 Å². The lowest BCUT2D eigenvalue weighted by molar-refractivity contribution is -0.137. The van der Waals surface area contributed by atoms with Crippen molar-refractivity contribution in [3.8, 4) is 11.4 Å². The molecule has 0 fully saturated rings. The van der Waals surface area contributed by atoms with Gasteiger partial charge in [0, 0.05) is 0 Å². The number of hydrogen-bond donors (Lipinski definition) is 1. The van der Waals surface area contributed by atoms with Gasteiger partial charge in [0.15, 0.2) is 11.0 Å². The SMILES string of the molecule is CCOc1ccccc1NC(=O)CSc1nnc(Cn2c(=O)sc3ccccc32)n1-c1cccc(C(F)(F)F)c1. The molecular weight excluding hydrogens is 563 g/mol. The number of ether oxygens (including phenoxy) is 1. The predicted molar refractivity (Wildman–Crippen MR) is 149 cm³/mol. The molecule has 0 spiro atoms. The summed E-state index contributed by atoms with van der Waals surface area (Å²) in [4.78, 5) is 25.3. The van der Waals surface area contributed by atoms with Gasteiger partial charge in [-0.15, -0.1) is 10.2 Å². The summed E-state index contributed by atoms with van der Waals surface area (Å²) in [6, 6.07) is 19.0. The van der Waals surface area contributed by atoms with Crippen LogP contribution in [0, 0.1) is 0 Å². The number of hydrogen-bond acceptors (Lipinski definition) is 7. The second-order valence-electron chi connectivity index (χ2n) is 8.47. The first-order chi connectivity index (χ1) is 19.2. The summed E-state index contributed by atoms with van der Waals surface area (Å²) in [6.07, 6.45) is -4.56. The van der Waals surface area contributed by atoms with Gasteiger partial charge >= 0.3 is 11.0 Å². The lowest BCUT2D eigenvalue weighted by atomic mass is 10.2. The molecule has 1 N–H and O–H groups in total. The van der Waals surface area contributed by atoms with Gasteiger partial charge in [-0.25, -0.2) is 0 Å². The Kier molecular flexibility index (Phi) is 7.94. The van der Waals surface area contributed by atoms with Crippen LogP contribution in [0.4, 0.5) is 18.9 Å². The number of anilines is 1. The van der Waals surface area contributed by atoms with Gasteiger partial charge in [0.05, 0.1) is 46.1 Å². The number of thiazole rings is 1. The predicted octanol–water partition coefficient (Wildman–Crippen LogP) is 5.84. The number of fused-ring (bicyclic) bond motifs is 1. The van der Waals surface area contributed by atoms with E-state index in [1.807, 2.05) is 19.1 Å². The average molecular weight is 586 g/mol. The average Bonchev–Trinajstić information content (AvgIpc) is 3.48. The van der Waals surface area contributed by atoms with E-state index in [0.717, 1.165) is 39.9 Å². The molecule has 3 aromatic carbocycles. The Balaban J connectivity index is 1.47. The van der Waals surface area contributed by atoms with Gasteiger partial charge in [0.25, 0.3) is 0 Å². The molecule has 40 heavy (non-hydrogen) atoms. The van der Waals surface area contributed by atoms with Gasteiger partial charge in [0.1, 0.15) is 5.75 Å². The molecule has 0 unspecified atom stereocenters. The molecule has 206 valence electrons. The molecule has 0 saturated carbocycles. The maximum absolute atomic E-state index is 13.5. The van der Waals surface area contributed by atoms with Crippen LogP contribution in [-0.2, 0) is 17.5 Å². The van der Waals surface area contributed by atoms with Crippen LogP contribution in [0.25, 0.3) is 15.9 Å². The summed E-state index contributed by atoms with van der Waals surface area (Å²) in [5.41, 5.74) is 0.493. The van der Waals surface area contributed by atoms with Gasteiger partial charge in [0.2, 0.25) is 5.91 Å². The van der Waals surface area contributed by atoms with E-state index < -0.39 is 11.7 Å². The van der Waals surface area contributed by atoms with E-state index in [2.05, 4.69) is 15.5 Å². The van der Waals surface area contributed by atoms with Crippen molar-refractivity contribution in [2.45, 2.75) is 24.8 Å². The minimum Gasteiger partial charge on any atom is -0.492 e. The van der Waals surface area contributed by atoms with Crippen LogP contribution < -0.4 is 14.9 Å². The molecule has 0 saturated heterocycles. The van der Waals surface area contributed by atoms with Gasteiger partial charge < -0.3 is 10.1 Å². The first-order valence-electron chi connectivity index (χ1n) is 12.1. The Morgan fingerprint density at radius 3 is 2.62 bits per heavy atom. The first kappa shape index (κ1) is 27.5. The largest absolute Gasteiger partial charge is 0.492 e. The quantitative estimate of drug-likeness (QED) is 0.219.